The predicted molar refractivity (Wildman–Crippen MR) is 66.9 cm³/mol. The van der Waals surface area contributed by atoms with E-state index in [2.05, 4.69) is 5.32 Å². The van der Waals surface area contributed by atoms with Crippen LogP contribution in [0, 0.1) is 6.92 Å². The number of hydrogen-bond acceptors (Lipinski definition) is 3. The zero-order chi connectivity index (χ0) is 13.0. The third kappa shape index (κ3) is 3.12. The van der Waals surface area contributed by atoms with Gasteiger partial charge in [0.25, 0.3) is 5.91 Å². The lowest BCUT2D eigenvalue weighted by atomic mass is 10.1. The molecule has 1 N–H and O–H groups in total. The number of carbonyl (C=O) groups excluding carboxylic acids is 1. The largest absolute Gasteiger partial charge is 0.496 e. The number of carbonyl (C=O) groups is 1. The molecule has 1 aromatic carbocycles. The third-order valence-electron chi connectivity index (χ3n) is 2.43. The molecule has 4 nitrogen and oxygen atoms in total. The number of ether oxygens (including phenoxy) is 2. The van der Waals surface area contributed by atoms with E-state index >= 15 is 0 Å². The van der Waals surface area contributed by atoms with Gasteiger partial charge in [-0.3, -0.25) is 4.79 Å². The standard InChI is InChI=1S/C13H19NO3/c1-8(2)14-13(15)10-6-11(16-4)9(3)12(7-10)17-5/h6-8H,1-5H3,(H,14,15). The quantitative estimate of drug-likeness (QED) is 0.872. The Morgan fingerprint density at radius 2 is 1.65 bits per heavy atom. The Labute approximate surface area is 102 Å². The maximum Gasteiger partial charge on any atom is 0.251 e. The van der Waals surface area contributed by atoms with Crippen LogP contribution in [0.1, 0.15) is 29.8 Å². The van der Waals surface area contributed by atoms with E-state index in [1.54, 1.807) is 26.4 Å². The van der Waals surface area contributed by atoms with Gasteiger partial charge in [0.05, 0.1) is 14.2 Å². The number of hydrogen-bond donors (Lipinski definition) is 1. The summed E-state index contributed by atoms with van der Waals surface area (Å²) in [5.41, 5.74) is 1.43. The molecule has 0 bridgehead atoms. The molecule has 0 atom stereocenters. The van der Waals surface area contributed by atoms with E-state index in [4.69, 9.17) is 9.47 Å². The molecule has 0 aliphatic rings. The number of methoxy groups -OCH3 is 2. The molecule has 0 unspecified atom stereocenters. The Morgan fingerprint density at radius 3 is 2.00 bits per heavy atom. The average molecular weight is 237 g/mol. The Bertz CT molecular complexity index is 388. The van der Waals surface area contributed by atoms with Crippen LogP contribution < -0.4 is 14.8 Å². The normalized spacial score (nSPS) is 10.2. The van der Waals surface area contributed by atoms with Crippen LogP contribution in [0.15, 0.2) is 12.1 Å². The van der Waals surface area contributed by atoms with Gasteiger partial charge >= 0.3 is 0 Å². The predicted octanol–water partition coefficient (Wildman–Crippen LogP) is 2.15. The maximum absolute atomic E-state index is 11.9. The topological polar surface area (TPSA) is 47.6 Å². The van der Waals surface area contributed by atoms with E-state index in [0.717, 1.165) is 5.56 Å². The monoisotopic (exact) mass is 237 g/mol. The number of benzene rings is 1. The first-order valence-electron chi connectivity index (χ1n) is 5.53. The van der Waals surface area contributed by atoms with Crippen molar-refractivity contribution in [1.82, 2.24) is 5.32 Å². The van der Waals surface area contributed by atoms with Crippen LogP contribution >= 0.6 is 0 Å². The van der Waals surface area contributed by atoms with Crippen molar-refractivity contribution in [1.29, 1.82) is 0 Å². The van der Waals surface area contributed by atoms with Gasteiger partial charge in [-0.2, -0.15) is 0 Å². The second-order valence-corrected chi connectivity index (χ2v) is 4.13. The van der Waals surface area contributed by atoms with E-state index in [0.29, 0.717) is 17.1 Å². The molecule has 0 aliphatic heterocycles. The first-order chi connectivity index (χ1) is 7.99. The minimum atomic E-state index is -0.128. The lowest BCUT2D eigenvalue weighted by Crippen LogP contribution is -2.30. The van der Waals surface area contributed by atoms with E-state index in [1.807, 2.05) is 20.8 Å². The fourth-order valence-corrected chi connectivity index (χ4v) is 1.56. The van der Waals surface area contributed by atoms with Gasteiger partial charge in [0, 0.05) is 17.2 Å². The summed E-state index contributed by atoms with van der Waals surface area (Å²) in [6, 6.07) is 3.53. The minimum Gasteiger partial charge on any atom is -0.496 e. The number of amides is 1. The van der Waals surface area contributed by atoms with Gasteiger partial charge in [0.2, 0.25) is 0 Å². The molecule has 94 valence electrons. The van der Waals surface area contributed by atoms with E-state index in [-0.39, 0.29) is 11.9 Å². The highest BCUT2D eigenvalue weighted by Crippen LogP contribution is 2.29. The maximum atomic E-state index is 11.9. The Kier molecular flexibility index (Phi) is 4.37. The first-order valence-corrected chi connectivity index (χ1v) is 5.53. The van der Waals surface area contributed by atoms with Gasteiger partial charge in [-0.15, -0.1) is 0 Å². The van der Waals surface area contributed by atoms with Crippen molar-refractivity contribution in [3.63, 3.8) is 0 Å². The van der Waals surface area contributed by atoms with Crippen LogP contribution in [0.5, 0.6) is 11.5 Å². The van der Waals surface area contributed by atoms with Gasteiger partial charge < -0.3 is 14.8 Å². The van der Waals surface area contributed by atoms with Crippen LogP contribution in [0.25, 0.3) is 0 Å². The number of nitrogens with one attached hydrogen (secondary N) is 1. The Morgan fingerprint density at radius 1 is 1.18 bits per heavy atom. The van der Waals surface area contributed by atoms with Crippen molar-refractivity contribution < 1.29 is 14.3 Å². The fraction of sp³-hybridized carbons (Fsp3) is 0.462. The van der Waals surface area contributed by atoms with Crippen molar-refractivity contribution >= 4 is 5.91 Å². The second-order valence-electron chi connectivity index (χ2n) is 4.13. The molecule has 0 aromatic heterocycles. The molecular weight excluding hydrogens is 218 g/mol. The smallest absolute Gasteiger partial charge is 0.251 e. The molecule has 0 aliphatic carbocycles. The highest BCUT2D eigenvalue weighted by atomic mass is 16.5. The van der Waals surface area contributed by atoms with Crippen molar-refractivity contribution in [2.45, 2.75) is 26.8 Å². The highest BCUT2D eigenvalue weighted by Gasteiger charge is 2.13. The molecular formula is C13H19NO3. The summed E-state index contributed by atoms with van der Waals surface area (Å²) in [6.07, 6.45) is 0. The van der Waals surface area contributed by atoms with Gasteiger partial charge in [-0.05, 0) is 32.9 Å². The lowest BCUT2D eigenvalue weighted by molar-refractivity contribution is 0.0942. The summed E-state index contributed by atoms with van der Waals surface area (Å²) >= 11 is 0. The summed E-state index contributed by atoms with van der Waals surface area (Å²) in [5.74, 6) is 1.17. The van der Waals surface area contributed by atoms with Crippen molar-refractivity contribution in [2.75, 3.05) is 14.2 Å². The van der Waals surface area contributed by atoms with Crippen LogP contribution in [0.4, 0.5) is 0 Å². The molecule has 4 heteroatoms. The SMILES string of the molecule is COc1cc(C(=O)NC(C)C)cc(OC)c1C. The molecule has 0 saturated heterocycles. The molecule has 0 saturated carbocycles. The third-order valence-corrected chi connectivity index (χ3v) is 2.43. The van der Waals surface area contributed by atoms with E-state index in [9.17, 15) is 4.79 Å². The highest BCUT2D eigenvalue weighted by molar-refractivity contribution is 5.95. The van der Waals surface area contributed by atoms with Gasteiger partial charge in [-0.1, -0.05) is 0 Å². The summed E-state index contributed by atoms with van der Waals surface area (Å²) < 4.78 is 10.4. The molecule has 1 aromatic rings. The molecule has 1 amide bonds. The minimum absolute atomic E-state index is 0.0980. The fourth-order valence-electron chi connectivity index (χ4n) is 1.56. The molecule has 0 spiro atoms. The van der Waals surface area contributed by atoms with Crippen molar-refractivity contribution in [2.24, 2.45) is 0 Å². The van der Waals surface area contributed by atoms with Crippen molar-refractivity contribution in [3.05, 3.63) is 23.3 Å². The number of rotatable bonds is 4. The summed E-state index contributed by atoms with van der Waals surface area (Å²) in [5, 5.41) is 2.83. The van der Waals surface area contributed by atoms with Gasteiger partial charge in [0.1, 0.15) is 11.5 Å². The molecule has 0 heterocycles. The zero-order valence-corrected chi connectivity index (χ0v) is 11.0. The molecule has 0 radical (unpaired) electrons. The first kappa shape index (κ1) is 13.4. The van der Waals surface area contributed by atoms with E-state index in [1.165, 1.54) is 0 Å². The van der Waals surface area contributed by atoms with Crippen LogP contribution in [-0.4, -0.2) is 26.2 Å². The zero-order valence-electron chi connectivity index (χ0n) is 11.0. The summed E-state index contributed by atoms with van der Waals surface area (Å²) in [7, 11) is 3.15. The summed E-state index contributed by atoms with van der Waals surface area (Å²) in [6.45, 7) is 5.73. The molecule has 1 rings (SSSR count). The van der Waals surface area contributed by atoms with Crippen LogP contribution in [0.2, 0.25) is 0 Å². The molecule has 0 fully saturated rings. The van der Waals surface area contributed by atoms with Crippen LogP contribution in [-0.2, 0) is 0 Å². The Balaban J connectivity index is 3.12. The molecule has 17 heavy (non-hydrogen) atoms. The van der Waals surface area contributed by atoms with Gasteiger partial charge in [-0.25, -0.2) is 0 Å². The second kappa shape index (κ2) is 5.57. The van der Waals surface area contributed by atoms with E-state index < -0.39 is 0 Å². The van der Waals surface area contributed by atoms with Crippen molar-refractivity contribution in [3.8, 4) is 11.5 Å². The summed E-state index contributed by atoms with van der Waals surface area (Å²) in [4.78, 5) is 11.9. The van der Waals surface area contributed by atoms with Crippen LogP contribution in [0.3, 0.4) is 0 Å². The Hall–Kier alpha value is -1.71. The van der Waals surface area contributed by atoms with Gasteiger partial charge in [0.15, 0.2) is 0 Å². The average Bonchev–Trinajstić information content (AvgIpc) is 2.28. The lowest BCUT2D eigenvalue weighted by Gasteiger charge is -2.13.